The third-order valence-corrected chi connectivity index (χ3v) is 6.59. The minimum Gasteiger partial charge on any atom is -0.466 e. The van der Waals surface area contributed by atoms with Crippen LogP contribution in [-0.4, -0.2) is 76.3 Å². The van der Waals surface area contributed by atoms with E-state index in [1.807, 2.05) is 0 Å². The normalized spacial score (nSPS) is 30.1. The topological polar surface area (TPSA) is 113 Å². The molecule has 27 heavy (non-hydrogen) atoms. The first-order valence-electron chi connectivity index (χ1n) is 9.86. The molecule has 0 saturated carbocycles. The van der Waals surface area contributed by atoms with Crippen molar-refractivity contribution in [3.05, 3.63) is 10.1 Å². The van der Waals surface area contributed by atoms with E-state index in [-0.39, 0.29) is 42.5 Å². The van der Waals surface area contributed by atoms with Crippen molar-refractivity contribution in [1.29, 1.82) is 0 Å². The molecule has 3 atom stereocenters. The SMILES string of the molecule is CCOC(=O)CC1(C[N+](=O)[O-])CCN([C@H]2C[C@H]3CC[C@@H](C2)N3C(=O)O)CC1. The molecule has 0 radical (unpaired) electrons. The van der Waals surface area contributed by atoms with Gasteiger partial charge in [-0.1, -0.05) is 0 Å². The predicted molar refractivity (Wildman–Crippen MR) is 96.0 cm³/mol. The summed E-state index contributed by atoms with van der Waals surface area (Å²) in [5.74, 6) is -0.361. The molecular weight excluding hydrogens is 354 g/mol. The molecule has 0 unspecified atom stereocenters. The van der Waals surface area contributed by atoms with Crippen LogP contribution in [0.15, 0.2) is 0 Å². The minimum absolute atomic E-state index is 0.0937. The molecule has 3 saturated heterocycles. The zero-order chi connectivity index (χ0) is 19.6. The number of hydrogen-bond donors (Lipinski definition) is 1. The molecular formula is C18H29N3O6. The van der Waals surface area contributed by atoms with Crippen molar-refractivity contribution >= 4 is 12.1 Å². The molecule has 0 aromatic carbocycles. The zero-order valence-corrected chi connectivity index (χ0v) is 15.8. The van der Waals surface area contributed by atoms with Crippen LogP contribution >= 0.6 is 0 Å². The second-order valence-corrected chi connectivity index (χ2v) is 8.21. The van der Waals surface area contributed by atoms with Gasteiger partial charge in [0.1, 0.15) is 0 Å². The molecule has 1 amide bonds. The second-order valence-electron chi connectivity index (χ2n) is 8.21. The molecule has 3 aliphatic heterocycles. The maximum atomic E-state index is 12.0. The molecule has 152 valence electrons. The molecule has 0 spiro atoms. The van der Waals surface area contributed by atoms with Crippen molar-refractivity contribution in [1.82, 2.24) is 9.80 Å². The van der Waals surface area contributed by atoms with Crippen LogP contribution in [0.4, 0.5) is 4.79 Å². The predicted octanol–water partition coefficient (Wildman–Crippen LogP) is 1.97. The van der Waals surface area contributed by atoms with Crippen molar-refractivity contribution in [2.75, 3.05) is 26.2 Å². The number of nitrogens with zero attached hydrogens (tertiary/aromatic N) is 3. The van der Waals surface area contributed by atoms with Crippen molar-refractivity contribution in [3.63, 3.8) is 0 Å². The highest BCUT2D eigenvalue weighted by molar-refractivity contribution is 5.70. The van der Waals surface area contributed by atoms with Gasteiger partial charge in [-0.15, -0.1) is 0 Å². The Bertz CT molecular complexity index is 576. The molecule has 9 heteroatoms. The number of esters is 1. The van der Waals surface area contributed by atoms with Gasteiger partial charge >= 0.3 is 12.1 Å². The van der Waals surface area contributed by atoms with E-state index in [1.165, 1.54) is 0 Å². The summed E-state index contributed by atoms with van der Waals surface area (Å²) in [6.45, 7) is 3.24. The number of carboxylic acid groups (broad SMARTS) is 1. The molecule has 3 aliphatic rings. The summed E-state index contributed by atoms with van der Waals surface area (Å²) < 4.78 is 5.03. The smallest absolute Gasteiger partial charge is 0.407 e. The van der Waals surface area contributed by atoms with Gasteiger partial charge in [0.25, 0.3) is 0 Å². The van der Waals surface area contributed by atoms with Gasteiger partial charge in [0, 0.05) is 28.5 Å². The lowest BCUT2D eigenvalue weighted by molar-refractivity contribution is -0.499. The summed E-state index contributed by atoms with van der Waals surface area (Å²) in [5.41, 5.74) is -0.632. The van der Waals surface area contributed by atoms with Gasteiger partial charge in [0.05, 0.1) is 13.0 Å². The van der Waals surface area contributed by atoms with Gasteiger partial charge in [0.2, 0.25) is 6.54 Å². The lowest BCUT2D eigenvalue weighted by Crippen LogP contribution is -2.55. The summed E-state index contributed by atoms with van der Waals surface area (Å²) in [4.78, 5) is 38.2. The Balaban J connectivity index is 1.60. The number of carbonyl (C=O) groups excluding carboxylic acids is 1. The van der Waals surface area contributed by atoms with Gasteiger partial charge in [-0.05, 0) is 58.5 Å². The van der Waals surface area contributed by atoms with Crippen LogP contribution in [0.25, 0.3) is 0 Å². The first-order chi connectivity index (χ1) is 12.8. The standard InChI is InChI=1S/C18H29N3O6/c1-2-27-16(22)11-18(12-20(25)26)5-7-19(8-6-18)15-9-13-3-4-14(10-15)21(13)17(23)24/h13-15H,2-12H2,1H3,(H,23,24)/t13-,14+,15+. The van der Waals surface area contributed by atoms with Crippen molar-refractivity contribution in [2.45, 2.75) is 70.0 Å². The molecule has 1 N–H and O–H groups in total. The number of amides is 1. The van der Waals surface area contributed by atoms with Crippen LogP contribution in [0.3, 0.4) is 0 Å². The van der Waals surface area contributed by atoms with E-state index in [1.54, 1.807) is 11.8 Å². The van der Waals surface area contributed by atoms with Gasteiger partial charge in [0.15, 0.2) is 0 Å². The van der Waals surface area contributed by atoms with E-state index >= 15 is 0 Å². The van der Waals surface area contributed by atoms with E-state index in [0.717, 1.165) is 25.7 Å². The maximum absolute atomic E-state index is 12.0. The first kappa shape index (κ1) is 19.9. The van der Waals surface area contributed by atoms with Crippen LogP contribution < -0.4 is 0 Å². The zero-order valence-electron chi connectivity index (χ0n) is 15.8. The van der Waals surface area contributed by atoms with E-state index in [0.29, 0.717) is 32.0 Å². The monoisotopic (exact) mass is 383 g/mol. The van der Waals surface area contributed by atoms with Crippen LogP contribution in [-0.2, 0) is 9.53 Å². The fraction of sp³-hybridized carbons (Fsp3) is 0.889. The van der Waals surface area contributed by atoms with Crippen molar-refractivity contribution < 1.29 is 24.4 Å². The largest absolute Gasteiger partial charge is 0.466 e. The fourth-order valence-electron chi connectivity index (χ4n) is 5.31. The van der Waals surface area contributed by atoms with Crippen LogP contribution in [0.2, 0.25) is 0 Å². The molecule has 0 aliphatic carbocycles. The van der Waals surface area contributed by atoms with Gasteiger partial charge < -0.3 is 19.6 Å². The number of likely N-dealkylation sites (tertiary alicyclic amines) is 1. The summed E-state index contributed by atoms with van der Waals surface area (Å²) in [6.07, 6.45) is 4.00. The van der Waals surface area contributed by atoms with E-state index < -0.39 is 11.5 Å². The Morgan fingerprint density at radius 3 is 2.26 bits per heavy atom. The third kappa shape index (κ3) is 4.34. The lowest BCUT2D eigenvalue weighted by Gasteiger charge is -2.46. The molecule has 3 rings (SSSR count). The van der Waals surface area contributed by atoms with Crippen LogP contribution in [0, 0.1) is 15.5 Å². The number of piperidine rings is 2. The van der Waals surface area contributed by atoms with E-state index in [2.05, 4.69) is 4.90 Å². The highest BCUT2D eigenvalue weighted by Crippen LogP contribution is 2.41. The Labute approximate surface area is 158 Å². The van der Waals surface area contributed by atoms with E-state index in [4.69, 9.17) is 4.74 Å². The molecule has 3 heterocycles. The summed E-state index contributed by atoms with van der Waals surface area (Å²) in [5, 5.41) is 20.6. The van der Waals surface area contributed by atoms with Crippen LogP contribution in [0.5, 0.6) is 0 Å². The molecule has 0 aromatic heterocycles. The van der Waals surface area contributed by atoms with Crippen molar-refractivity contribution in [2.24, 2.45) is 5.41 Å². The van der Waals surface area contributed by atoms with Crippen LogP contribution in [0.1, 0.15) is 51.9 Å². The molecule has 0 aromatic rings. The Morgan fingerprint density at radius 2 is 1.78 bits per heavy atom. The van der Waals surface area contributed by atoms with Gasteiger partial charge in [-0.3, -0.25) is 14.9 Å². The Hall–Kier alpha value is -1.90. The average Bonchev–Trinajstić information content (AvgIpc) is 2.86. The first-order valence-corrected chi connectivity index (χ1v) is 9.86. The van der Waals surface area contributed by atoms with Gasteiger partial charge in [-0.2, -0.15) is 0 Å². The summed E-state index contributed by atoms with van der Waals surface area (Å²) in [7, 11) is 0. The number of carbonyl (C=O) groups is 2. The quantitative estimate of drug-likeness (QED) is 0.424. The molecule has 9 nitrogen and oxygen atoms in total. The lowest BCUT2D eigenvalue weighted by atomic mass is 9.75. The minimum atomic E-state index is -0.820. The summed E-state index contributed by atoms with van der Waals surface area (Å²) >= 11 is 0. The van der Waals surface area contributed by atoms with Crippen molar-refractivity contribution in [3.8, 4) is 0 Å². The Morgan fingerprint density at radius 1 is 1.19 bits per heavy atom. The number of hydrogen-bond acceptors (Lipinski definition) is 6. The second kappa shape index (κ2) is 8.00. The molecule has 3 fully saturated rings. The average molecular weight is 383 g/mol. The van der Waals surface area contributed by atoms with Gasteiger partial charge in [-0.25, -0.2) is 4.79 Å². The maximum Gasteiger partial charge on any atom is 0.407 e. The fourth-order valence-corrected chi connectivity index (χ4v) is 5.31. The van der Waals surface area contributed by atoms with E-state index in [9.17, 15) is 24.8 Å². The number of rotatable bonds is 6. The highest BCUT2D eigenvalue weighted by atomic mass is 16.6. The number of nitro groups is 1. The highest BCUT2D eigenvalue weighted by Gasteiger charge is 2.47. The summed E-state index contributed by atoms with van der Waals surface area (Å²) in [6, 6.07) is 0.516. The number of ether oxygens (including phenoxy) is 1. The number of fused-ring (bicyclic) bond motifs is 2. The molecule has 2 bridgehead atoms. The third-order valence-electron chi connectivity index (χ3n) is 6.59. The Kier molecular flexibility index (Phi) is 5.88.